The molecule has 0 fully saturated rings. The van der Waals surface area contributed by atoms with Crippen LogP contribution in [0.3, 0.4) is 0 Å². The Labute approximate surface area is 117 Å². The van der Waals surface area contributed by atoms with Crippen LogP contribution in [0.4, 0.5) is 5.13 Å². The lowest BCUT2D eigenvalue weighted by Gasteiger charge is -2.12. The molecule has 19 heavy (non-hydrogen) atoms. The second kappa shape index (κ2) is 5.41. The first-order valence-corrected chi connectivity index (χ1v) is 6.83. The van der Waals surface area contributed by atoms with Crippen molar-refractivity contribution in [2.45, 2.75) is 39.3 Å². The number of rotatable bonds is 4. The first-order valence-electron chi connectivity index (χ1n) is 6.02. The molecule has 0 spiro atoms. The van der Waals surface area contributed by atoms with E-state index in [0.29, 0.717) is 13.1 Å². The number of aromatic nitrogens is 4. The van der Waals surface area contributed by atoms with Gasteiger partial charge in [0.25, 0.3) is 0 Å². The van der Waals surface area contributed by atoms with Gasteiger partial charge in [-0.15, -0.1) is 16.6 Å². The van der Waals surface area contributed by atoms with Gasteiger partial charge in [0.05, 0.1) is 13.1 Å². The van der Waals surface area contributed by atoms with Gasteiger partial charge in [-0.1, -0.05) is 38.0 Å². The minimum atomic E-state index is 0.0273. The molecule has 0 saturated carbocycles. The average Bonchev–Trinajstić information content (AvgIpc) is 2.94. The molecule has 2 aromatic heterocycles. The fourth-order valence-corrected chi connectivity index (χ4v) is 2.30. The van der Waals surface area contributed by atoms with Crippen molar-refractivity contribution in [2.24, 2.45) is 0 Å². The normalized spacial score (nSPS) is 11.3. The maximum atomic E-state index is 5.31. The Balaban J connectivity index is 2.01. The van der Waals surface area contributed by atoms with Gasteiger partial charge in [-0.25, -0.2) is 4.98 Å². The summed E-state index contributed by atoms with van der Waals surface area (Å²) in [5.74, 6) is 3.50. The molecular formula is C13H17N5S. The van der Waals surface area contributed by atoms with Gasteiger partial charge in [0.1, 0.15) is 10.8 Å². The number of hydrogen-bond donors (Lipinski definition) is 1. The third-order valence-corrected chi connectivity index (χ3v) is 3.83. The average molecular weight is 275 g/mol. The van der Waals surface area contributed by atoms with Crippen LogP contribution in [0.15, 0.2) is 12.4 Å². The van der Waals surface area contributed by atoms with E-state index in [1.54, 1.807) is 17.5 Å². The van der Waals surface area contributed by atoms with Crippen molar-refractivity contribution in [1.82, 2.24) is 19.7 Å². The van der Waals surface area contributed by atoms with Crippen molar-refractivity contribution >= 4 is 16.5 Å². The summed E-state index contributed by atoms with van der Waals surface area (Å²) in [5.41, 5.74) is 0.0273. The summed E-state index contributed by atoms with van der Waals surface area (Å²) in [5, 5.41) is 13.4. The summed E-state index contributed by atoms with van der Waals surface area (Å²) in [6.07, 6.45) is 8.93. The van der Waals surface area contributed by atoms with Gasteiger partial charge in [-0.05, 0) is 0 Å². The van der Waals surface area contributed by atoms with Crippen molar-refractivity contribution < 1.29 is 0 Å². The van der Waals surface area contributed by atoms with Gasteiger partial charge in [-0.3, -0.25) is 0 Å². The second-order valence-electron chi connectivity index (χ2n) is 5.19. The lowest BCUT2D eigenvalue weighted by molar-refractivity contribution is 0.578. The summed E-state index contributed by atoms with van der Waals surface area (Å²) in [6, 6.07) is 0. The smallest absolute Gasteiger partial charge is 0.206 e. The largest absolute Gasteiger partial charge is 0.353 e. The zero-order valence-electron chi connectivity index (χ0n) is 11.3. The molecule has 0 atom stereocenters. The molecule has 0 radical (unpaired) electrons. The molecule has 1 N–H and O–H groups in total. The topological polar surface area (TPSA) is 55.6 Å². The van der Waals surface area contributed by atoms with E-state index in [1.807, 2.05) is 10.8 Å². The van der Waals surface area contributed by atoms with Gasteiger partial charge in [0.2, 0.25) is 5.13 Å². The van der Waals surface area contributed by atoms with E-state index >= 15 is 0 Å². The molecule has 0 bridgehead atoms. The van der Waals surface area contributed by atoms with Crippen LogP contribution in [0, 0.1) is 12.3 Å². The van der Waals surface area contributed by atoms with Gasteiger partial charge in [0, 0.05) is 17.8 Å². The lowest BCUT2D eigenvalue weighted by atomic mass is 9.98. The van der Waals surface area contributed by atoms with Crippen LogP contribution in [0.2, 0.25) is 0 Å². The van der Waals surface area contributed by atoms with Crippen LogP contribution in [0.1, 0.15) is 31.6 Å². The Morgan fingerprint density at radius 3 is 2.84 bits per heavy atom. The van der Waals surface area contributed by atoms with E-state index in [4.69, 9.17) is 6.42 Å². The molecule has 0 unspecified atom stereocenters. The standard InChI is InChI=1S/C13H17N5S/c1-5-7-18-8-6-14-10(18)9-15-12-17-16-11(19-12)13(2,3)4/h1,6,8H,7,9H2,2-4H3,(H,15,17). The zero-order chi connectivity index (χ0) is 13.9. The molecular weight excluding hydrogens is 258 g/mol. The van der Waals surface area contributed by atoms with Gasteiger partial charge < -0.3 is 9.88 Å². The van der Waals surface area contributed by atoms with Crippen molar-refractivity contribution in [3.63, 3.8) is 0 Å². The molecule has 2 rings (SSSR count). The molecule has 0 aliphatic heterocycles. The van der Waals surface area contributed by atoms with E-state index in [2.05, 4.69) is 47.2 Å². The molecule has 6 heteroatoms. The van der Waals surface area contributed by atoms with E-state index in [-0.39, 0.29) is 5.41 Å². The van der Waals surface area contributed by atoms with Crippen LogP contribution < -0.4 is 5.32 Å². The number of nitrogens with zero attached hydrogens (tertiary/aromatic N) is 4. The van der Waals surface area contributed by atoms with Crippen LogP contribution in [0.5, 0.6) is 0 Å². The van der Waals surface area contributed by atoms with Crippen molar-refractivity contribution in [1.29, 1.82) is 0 Å². The third kappa shape index (κ3) is 3.32. The summed E-state index contributed by atoms with van der Waals surface area (Å²) in [6.45, 7) is 7.48. The zero-order valence-corrected chi connectivity index (χ0v) is 12.2. The number of imidazole rings is 1. The molecule has 5 nitrogen and oxygen atoms in total. The molecule has 0 aromatic carbocycles. The van der Waals surface area contributed by atoms with Crippen molar-refractivity contribution in [3.05, 3.63) is 23.2 Å². The van der Waals surface area contributed by atoms with Gasteiger partial charge >= 0.3 is 0 Å². The Morgan fingerprint density at radius 1 is 1.42 bits per heavy atom. The number of terminal acetylenes is 1. The molecule has 100 valence electrons. The summed E-state index contributed by atoms with van der Waals surface area (Å²) >= 11 is 1.57. The van der Waals surface area contributed by atoms with Gasteiger partial charge in [-0.2, -0.15) is 0 Å². The SMILES string of the molecule is C#CCn1ccnc1CNc1nnc(C(C)(C)C)s1. The molecule has 0 aliphatic rings. The number of anilines is 1. The number of hydrogen-bond acceptors (Lipinski definition) is 5. The van der Waals surface area contributed by atoms with Crippen LogP contribution in [-0.4, -0.2) is 19.7 Å². The van der Waals surface area contributed by atoms with Crippen LogP contribution in [0.25, 0.3) is 0 Å². The Bertz CT molecular complexity index is 585. The van der Waals surface area contributed by atoms with E-state index in [1.165, 1.54) is 0 Å². The Hall–Kier alpha value is -1.87. The maximum Gasteiger partial charge on any atom is 0.206 e. The fourth-order valence-electron chi connectivity index (χ4n) is 1.50. The highest BCUT2D eigenvalue weighted by Gasteiger charge is 2.19. The monoisotopic (exact) mass is 275 g/mol. The Morgan fingerprint density at radius 2 is 2.21 bits per heavy atom. The first-order chi connectivity index (χ1) is 9.00. The molecule has 2 heterocycles. The highest BCUT2D eigenvalue weighted by Crippen LogP contribution is 2.27. The second-order valence-corrected chi connectivity index (χ2v) is 6.17. The summed E-state index contributed by atoms with van der Waals surface area (Å²) in [4.78, 5) is 4.27. The molecule has 0 aliphatic carbocycles. The van der Waals surface area contributed by atoms with Crippen LogP contribution in [-0.2, 0) is 18.5 Å². The van der Waals surface area contributed by atoms with E-state index < -0.39 is 0 Å². The summed E-state index contributed by atoms with van der Waals surface area (Å²) < 4.78 is 1.93. The quantitative estimate of drug-likeness (QED) is 0.870. The van der Waals surface area contributed by atoms with Crippen molar-refractivity contribution in [3.8, 4) is 12.3 Å². The summed E-state index contributed by atoms with van der Waals surface area (Å²) in [7, 11) is 0. The molecule has 0 saturated heterocycles. The minimum absolute atomic E-state index is 0.0273. The molecule has 2 aromatic rings. The van der Waals surface area contributed by atoms with E-state index in [9.17, 15) is 0 Å². The Kier molecular flexibility index (Phi) is 3.86. The molecule has 0 amide bonds. The predicted molar refractivity (Wildman–Crippen MR) is 77.0 cm³/mol. The third-order valence-electron chi connectivity index (χ3n) is 2.53. The highest BCUT2D eigenvalue weighted by molar-refractivity contribution is 7.15. The minimum Gasteiger partial charge on any atom is -0.353 e. The highest BCUT2D eigenvalue weighted by atomic mass is 32.1. The lowest BCUT2D eigenvalue weighted by Crippen LogP contribution is -2.10. The first kappa shape index (κ1) is 13.6. The maximum absolute atomic E-state index is 5.31. The van der Waals surface area contributed by atoms with Gasteiger partial charge in [0.15, 0.2) is 0 Å². The van der Waals surface area contributed by atoms with E-state index in [0.717, 1.165) is 16.0 Å². The fraction of sp³-hybridized carbons (Fsp3) is 0.462. The van der Waals surface area contributed by atoms with Crippen molar-refractivity contribution in [2.75, 3.05) is 5.32 Å². The van der Waals surface area contributed by atoms with Crippen LogP contribution >= 0.6 is 11.3 Å². The number of nitrogens with one attached hydrogen (secondary N) is 1. The predicted octanol–water partition coefficient (Wildman–Crippen LogP) is 2.28.